The van der Waals surface area contributed by atoms with Crippen molar-refractivity contribution in [1.29, 1.82) is 0 Å². The summed E-state index contributed by atoms with van der Waals surface area (Å²) < 4.78 is 54.8. The smallest absolute Gasteiger partial charge is 0.267 e. The van der Waals surface area contributed by atoms with Crippen LogP contribution < -0.4 is 10.6 Å². The molecule has 0 radical (unpaired) electrons. The number of rotatable bonds is 15. The van der Waals surface area contributed by atoms with Crippen molar-refractivity contribution in [2.75, 3.05) is 39.3 Å². The van der Waals surface area contributed by atoms with Gasteiger partial charge in [0, 0.05) is 87.2 Å². The highest BCUT2D eigenvalue weighted by atomic mass is 32.2. The number of halogens is 2. The molecule has 2 aliphatic rings. The van der Waals surface area contributed by atoms with E-state index < -0.39 is 21.7 Å². The van der Waals surface area contributed by atoms with Crippen molar-refractivity contribution in [3.63, 3.8) is 0 Å². The second-order valence-corrected chi connectivity index (χ2v) is 18.5. The van der Waals surface area contributed by atoms with Gasteiger partial charge in [0.05, 0.1) is 16.4 Å². The zero-order valence-corrected chi connectivity index (χ0v) is 35.2. The number of amides is 3. The van der Waals surface area contributed by atoms with Crippen LogP contribution in [0.2, 0.25) is 0 Å². The van der Waals surface area contributed by atoms with Crippen molar-refractivity contribution in [2.24, 2.45) is 11.8 Å². The molecule has 0 unspecified atom stereocenters. The van der Waals surface area contributed by atoms with Gasteiger partial charge in [0.2, 0.25) is 10.0 Å². The highest BCUT2D eigenvalue weighted by Crippen LogP contribution is 2.26. The average molecular weight is 847 g/mol. The van der Waals surface area contributed by atoms with E-state index in [9.17, 15) is 31.6 Å². The number of nitrogens with one attached hydrogen (secondary N) is 3. The second kappa shape index (κ2) is 20.8. The number of nitrogens with zero attached hydrogens (tertiary/aromatic N) is 5. The third kappa shape index (κ3) is 11.7. The zero-order valence-electron chi connectivity index (χ0n) is 34.4. The molecule has 4 aromatic heterocycles. The number of pyridine rings is 2. The number of H-pyrrole nitrogens is 1. The van der Waals surface area contributed by atoms with Crippen molar-refractivity contribution < 1.29 is 31.6 Å². The molecule has 0 bridgehead atoms. The van der Waals surface area contributed by atoms with Crippen LogP contribution in [0, 0.1) is 23.5 Å². The number of aromatic amines is 1. The quantitative estimate of drug-likeness (QED) is 0.0959. The zero-order chi connectivity index (χ0) is 42.6. The number of unbranched alkanes of at least 4 members (excludes halogenated alkanes) is 2. The summed E-state index contributed by atoms with van der Waals surface area (Å²) in [6, 6.07) is 10.3. The topological polar surface area (TPSA) is 162 Å². The molecule has 322 valence electrons. The predicted octanol–water partition coefficient (Wildman–Crippen LogP) is 6.98. The van der Waals surface area contributed by atoms with E-state index in [1.165, 1.54) is 6.07 Å². The third-order valence-corrected chi connectivity index (χ3v) is 13.8. The normalized spacial score (nSPS) is 15.6. The Morgan fingerprint density at radius 1 is 0.833 bits per heavy atom. The van der Waals surface area contributed by atoms with E-state index in [4.69, 9.17) is 0 Å². The van der Waals surface area contributed by atoms with Crippen LogP contribution in [-0.4, -0.2) is 99.2 Å². The Morgan fingerprint density at radius 3 is 2.15 bits per heavy atom. The Morgan fingerprint density at radius 2 is 1.50 bits per heavy atom. The molecule has 3 amide bonds. The highest BCUT2D eigenvalue weighted by Gasteiger charge is 2.30. The van der Waals surface area contributed by atoms with Crippen molar-refractivity contribution in [3.05, 3.63) is 102 Å². The Bertz CT molecular complexity index is 2300. The highest BCUT2D eigenvalue weighted by molar-refractivity contribution is 7.89. The molecule has 7 rings (SSSR count). The molecule has 16 heteroatoms. The number of likely N-dealkylation sites (tertiary alicyclic amines) is 1. The fourth-order valence-corrected chi connectivity index (χ4v) is 9.19. The molecule has 0 saturated carbocycles. The van der Waals surface area contributed by atoms with Gasteiger partial charge in [0.15, 0.2) is 0 Å². The number of carbonyl (C=O) groups excluding carboxylic acids is 3. The van der Waals surface area contributed by atoms with Gasteiger partial charge in [-0.15, -0.1) is 0 Å². The van der Waals surface area contributed by atoms with Gasteiger partial charge in [-0.25, -0.2) is 26.5 Å². The summed E-state index contributed by atoms with van der Waals surface area (Å²) in [5.41, 5.74) is 2.79. The molecular formula is C44H56F2N8O5S. The number of aromatic nitrogens is 4. The number of hydrogen-bond donors (Lipinski definition) is 3. The number of sulfonamides is 1. The van der Waals surface area contributed by atoms with E-state index in [1.54, 1.807) is 60.1 Å². The minimum absolute atomic E-state index is 0.0761. The molecule has 3 N–H and O–H groups in total. The molecule has 1 aromatic carbocycles. The first-order valence-electron chi connectivity index (χ1n) is 21.0. The van der Waals surface area contributed by atoms with Crippen molar-refractivity contribution >= 4 is 44.3 Å². The number of carbonyl (C=O) groups is 3. The van der Waals surface area contributed by atoms with E-state index in [0.29, 0.717) is 62.4 Å². The van der Waals surface area contributed by atoms with E-state index in [2.05, 4.69) is 25.6 Å². The maximum atomic E-state index is 13.9. The number of hydrogen-bond acceptors (Lipinski definition) is 7. The van der Waals surface area contributed by atoms with Crippen molar-refractivity contribution in [2.45, 2.75) is 83.3 Å². The first-order valence-corrected chi connectivity index (χ1v) is 22.5. The Kier molecular flexibility index (Phi) is 15.4. The lowest BCUT2D eigenvalue weighted by Gasteiger charge is -2.32. The maximum absolute atomic E-state index is 13.9. The molecule has 13 nitrogen and oxygen atoms in total. The van der Waals surface area contributed by atoms with Crippen LogP contribution in [0.15, 0.2) is 73.4 Å². The molecule has 2 aliphatic heterocycles. The van der Waals surface area contributed by atoms with Gasteiger partial charge in [0.1, 0.15) is 23.0 Å². The van der Waals surface area contributed by atoms with Gasteiger partial charge >= 0.3 is 0 Å². The molecule has 2 fully saturated rings. The molecule has 0 spiro atoms. The van der Waals surface area contributed by atoms with Crippen LogP contribution in [0.5, 0.6) is 0 Å². The summed E-state index contributed by atoms with van der Waals surface area (Å²) in [6.07, 6.45) is 18.3. The van der Waals surface area contributed by atoms with E-state index >= 15 is 0 Å². The standard InChI is InChI=1S/C24H26F2N4O2.C20H30N4O3S/c25-19-5-6-20(21(26)15-19)24(32)29-12-8-17(9-13-29)3-1-2-10-28-23(31)18-4-7-22-27-11-14-30(22)16-18;1-15(2)28(26,27)24-11-7-16(8-12-24)5-3-4-9-22-20(25)19-13-17-14-21-10-6-18(17)23-19/h4-7,11,14-17H,1-3,8-10,12-13H2,(H,28,31);6,10,13-16,23H,3-5,7-9,11-12H2,1-2H3,(H,22,25). The van der Waals surface area contributed by atoms with Crippen LogP contribution in [0.25, 0.3) is 16.6 Å². The van der Waals surface area contributed by atoms with E-state index in [-0.39, 0.29) is 28.5 Å². The molecule has 5 aromatic rings. The fourth-order valence-electron chi connectivity index (χ4n) is 7.87. The summed E-state index contributed by atoms with van der Waals surface area (Å²) in [4.78, 5) is 50.0. The number of imidazole rings is 1. The Labute approximate surface area is 350 Å². The first-order chi connectivity index (χ1) is 28.9. The van der Waals surface area contributed by atoms with Gasteiger partial charge in [-0.05, 0) is 101 Å². The van der Waals surface area contributed by atoms with Gasteiger partial charge in [-0.3, -0.25) is 19.4 Å². The van der Waals surface area contributed by atoms with E-state index in [1.807, 2.05) is 22.6 Å². The average Bonchev–Trinajstić information content (AvgIpc) is 3.91. The van der Waals surface area contributed by atoms with Crippen LogP contribution in [0.3, 0.4) is 0 Å². The van der Waals surface area contributed by atoms with Crippen LogP contribution >= 0.6 is 0 Å². The largest absolute Gasteiger partial charge is 0.352 e. The van der Waals surface area contributed by atoms with Crippen molar-refractivity contribution in [3.8, 4) is 0 Å². The lowest BCUT2D eigenvalue weighted by atomic mass is 9.91. The molecule has 60 heavy (non-hydrogen) atoms. The lowest BCUT2D eigenvalue weighted by Crippen LogP contribution is -2.41. The second-order valence-electron chi connectivity index (χ2n) is 16.1. The molecule has 0 aliphatic carbocycles. The summed E-state index contributed by atoms with van der Waals surface area (Å²) in [6.45, 7) is 7.16. The maximum Gasteiger partial charge on any atom is 0.267 e. The summed E-state index contributed by atoms with van der Waals surface area (Å²) in [5, 5.41) is 6.50. The fraction of sp³-hybridized carbons (Fsp3) is 0.477. The van der Waals surface area contributed by atoms with Gasteiger partial charge < -0.3 is 24.9 Å². The number of benzene rings is 1. The first kappa shape index (κ1) is 44.3. The summed E-state index contributed by atoms with van der Waals surface area (Å²) >= 11 is 0. The monoisotopic (exact) mass is 846 g/mol. The molecule has 6 heterocycles. The Balaban J connectivity index is 0.000000203. The molecule has 0 atom stereocenters. The van der Waals surface area contributed by atoms with Gasteiger partial charge in [-0.1, -0.05) is 25.7 Å². The summed E-state index contributed by atoms with van der Waals surface area (Å²) in [5.74, 6) is -0.981. The minimum atomic E-state index is -3.12. The van der Waals surface area contributed by atoms with Crippen LogP contribution in [0.4, 0.5) is 8.78 Å². The van der Waals surface area contributed by atoms with Gasteiger partial charge in [-0.2, -0.15) is 0 Å². The van der Waals surface area contributed by atoms with Crippen LogP contribution in [-0.2, 0) is 10.0 Å². The third-order valence-electron chi connectivity index (χ3n) is 11.6. The Hall–Kier alpha value is -5.22. The predicted molar refractivity (Wildman–Crippen MR) is 227 cm³/mol. The summed E-state index contributed by atoms with van der Waals surface area (Å²) in [7, 11) is -3.12. The SMILES string of the molecule is CC(C)S(=O)(=O)N1CCC(CCCCNC(=O)c2cc3cnccc3[nH]2)CC1.O=C(NCCCCC1CCN(C(=O)c2ccc(F)cc2F)CC1)c1ccc2nccn2c1. The van der Waals surface area contributed by atoms with Gasteiger partial charge in [0.25, 0.3) is 17.7 Å². The van der Waals surface area contributed by atoms with Crippen LogP contribution in [0.1, 0.15) is 109 Å². The minimum Gasteiger partial charge on any atom is -0.352 e. The lowest BCUT2D eigenvalue weighted by molar-refractivity contribution is 0.0680. The van der Waals surface area contributed by atoms with Crippen molar-refractivity contribution in [1.82, 2.24) is 39.2 Å². The molecular weight excluding hydrogens is 791 g/mol. The number of piperidine rings is 2. The van der Waals surface area contributed by atoms with E-state index in [0.717, 1.165) is 92.9 Å². The molecule has 2 saturated heterocycles. The number of fused-ring (bicyclic) bond motifs is 2.